The van der Waals surface area contributed by atoms with E-state index in [9.17, 15) is 29.1 Å². The highest BCUT2D eigenvalue weighted by Crippen LogP contribution is 2.07. The zero-order valence-corrected chi connectivity index (χ0v) is 24.7. The number of nitrogens with one attached hydrogen (secondary N) is 4. The summed E-state index contributed by atoms with van der Waals surface area (Å²) in [5, 5.41) is 19.9. The van der Waals surface area contributed by atoms with Crippen molar-refractivity contribution in [2.45, 2.75) is 63.3 Å². The predicted molar refractivity (Wildman–Crippen MR) is 165 cm³/mol. The molecule has 0 saturated heterocycles. The molecule has 0 aliphatic carbocycles. The van der Waals surface area contributed by atoms with Crippen molar-refractivity contribution < 1.29 is 29.1 Å². The number of carbonyl (C=O) groups excluding carboxylic acids is 4. The molecule has 4 amide bonds. The van der Waals surface area contributed by atoms with Gasteiger partial charge in [-0.05, 0) is 37.0 Å². The van der Waals surface area contributed by atoms with E-state index in [2.05, 4.69) is 21.3 Å². The number of nitrogens with two attached hydrogens (primary N) is 1. The molecule has 7 N–H and O–H groups in total. The summed E-state index contributed by atoms with van der Waals surface area (Å²) in [5.74, 6) is -3.70. The summed E-state index contributed by atoms with van der Waals surface area (Å²) in [6.07, 6.45) is 0.453. The third-order valence-electron chi connectivity index (χ3n) is 6.95. The first-order chi connectivity index (χ1) is 21.0. The molecular formula is C33H39N5O6. The van der Waals surface area contributed by atoms with E-state index in [4.69, 9.17) is 5.73 Å². The highest BCUT2D eigenvalue weighted by Gasteiger charge is 2.29. The van der Waals surface area contributed by atoms with Crippen LogP contribution in [0.15, 0.2) is 91.0 Å². The Hall–Kier alpha value is -5.03. The summed E-state index contributed by atoms with van der Waals surface area (Å²) >= 11 is 0. The number of amides is 4. The molecule has 0 saturated carbocycles. The number of hydrogen-bond acceptors (Lipinski definition) is 6. The van der Waals surface area contributed by atoms with Gasteiger partial charge in [-0.25, -0.2) is 4.79 Å². The molecule has 3 aromatic rings. The normalized spacial score (nSPS) is 14.2. The summed E-state index contributed by atoms with van der Waals surface area (Å²) in [4.78, 5) is 63.8. The van der Waals surface area contributed by atoms with Crippen molar-refractivity contribution >= 4 is 29.6 Å². The molecule has 3 rings (SSSR count). The van der Waals surface area contributed by atoms with Gasteiger partial charge in [-0.15, -0.1) is 0 Å². The average Bonchev–Trinajstić information content (AvgIpc) is 3.01. The molecule has 5 atom stereocenters. The third kappa shape index (κ3) is 10.7. The zero-order chi connectivity index (χ0) is 32.1. The van der Waals surface area contributed by atoms with Crippen LogP contribution in [0.4, 0.5) is 0 Å². The van der Waals surface area contributed by atoms with Crippen LogP contribution in [-0.4, -0.2) is 64.9 Å². The smallest absolute Gasteiger partial charge is 0.326 e. The minimum Gasteiger partial charge on any atom is -0.480 e. The number of hydrogen-bond donors (Lipinski definition) is 6. The second-order valence-corrected chi connectivity index (χ2v) is 10.6. The second kappa shape index (κ2) is 16.6. The van der Waals surface area contributed by atoms with Crippen LogP contribution in [0.3, 0.4) is 0 Å². The third-order valence-corrected chi connectivity index (χ3v) is 6.95. The lowest BCUT2D eigenvalue weighted by Gasteiger charge is -2.24. The molecule has 0 radical (unpaired) electrons. The first-order valence-electron chi connectivity index (χ1n) is 14.3. The first kappa shape index (κ1) is 33.5. The minimum absolute atomic E-state index is 0.0634. The maximum absolute atomic E-state index is 13.3. The Kier molecular flexibility index (Phi) is 12.6. The number of rotatable bonds is 15. The van der Waals surface area contributed by atoms with Crippen molar-refractivity contribution in [2.75, 3.05) is 0 Å². The van der Waals surface area contributed by atoms with E-state index in [1.54, 1.807) is 54.6 Å². The highest BCUT2D eigenvalue weighted by molar-refractivity contribution is 5.95. The Morgan fingerprint density at radius 2 is 0.909 bits per heavy atom. The average molecular weight is 602 g/mol. The Morgan fingerprint density at radius 1 is 0.545 bits per heavy atom. The summed E-state index contributed by atoms with van der Waals surface area (Å²) < 4.78 is 0. The van der Waals surface area contributed by atoms with Crippen LogP contribution in [0.1, 0.15) is 30.5 Å². The molecule has 0 unspecified atom stereocenters. The van der Waals surface area contributed by atoms with Crippen LogP contribution in [0.5, 0.6) is 0 Å². The van der Waals surface area contributed by atoms with Gasteiger partial charge in [0.25, 0.3) is 0 Å². The summed E-state index contributed by atoms with van der Waals surface area (Å²) in [6, 6.07) is 21.8. The van der Waals surface area contributed by atoms with Gasteiger partial charge >= 0.3 is 5.97 Å². The van der Waals surface area contributed by atoms with E-state index < -0.39 is 59.8 Å². The molecule has 0 aromatic heterocycles. The molecule has 0 heterocycles. The minimum atomic E-state index is -1.21. The quantitative estimate of drug-likeness (QED) is 0.151. The van der Waals surface area contributed by atoms with Gasteiger partial charge in [0.15, 0.2) is 0 Å². The fourth-order valence-electron chi connectivity index (χ4n) is 4.43. The van der Waals surface area contributed by atoms with Gasteiger partial charge in [-0.1, -0.05) is 91.0 Å². The van der Waals surface area contributed by atoms with Crippen molar-refractivity contribution in [1.29, 1.82) is 0 Å². The summed E-state index contributed by atoms with van der Waals surface area (Å²) in [7, 11) is 0. The summed E-state index contributed by atoms with van der Waals surface area (Å²) in [6.45, 7) is 2.90. The molecule has 11 nitrogen and oxygen atoms in total. The predicted octanol–water partition coefficient (Wildman–Crippen LogP) is 1.11. The van der Waals surface area contributed by atoms with Gasteiger partial charge in [0, 0.05) is 12.8 Å². The molecule has 0 spiro atoms. The highest BCUT2D eigenvalue weighted by atomic mass is 16.4. The van der Waals surface area contributed by atoms with Crippen LogP contribution in [-0.2, 0) is 43.2 Å². The maximum Gasteiger partial charge on any atom is 0.326 e. The lowest BCUT2D eigenvalue weighted by atomic mass is 10.0. The Bertz CT molecular complexity index is 1400. The molecule has 0 fully saturated rings. The van der Waals surface area contributed by atoms with Crippen molar-refractivity contribution in [2.24, 2.45) is 5.73 Å². The molecule has 11 heteroatoms. The lowest BCUT2D eigenvalue weighted by Crippen LogP contribution is -2.58. The summed E-state index contributed by atoms with van der Waals surface area (Å²) in [5.41, 5.74) is 8.40. The van der Waals surface area contributed by atoms with Crippen LogP contribution in [0, 0.1) is 0 Å². The second-order valence-electron chi connectivity index (χ2n) is 10.6. The van der Waals surface area contributed by atoms with Crippen LogP contribution in [0.2, 0.25) is 0 Å². The van der Waals surface area contributed by atoms with E-state index in [1.807, 2.05) is 36.4 Å². The molecule has 3 aromatic carbocycles. The number of benzene rings is 3. The van der Waals surface area contributed by atoms with Gasteiger partial charge in [-0.3, -0.25) is 19.2 Å². The van der Waals surface area contributed by atoms with Gasteiger partial charge in [0.1, 0.15) is 24.2 Å². The largest absolute Gasteiger partial charge is 0.480 e. The number of carboxylic acids is 1. The number of carboxylic acid groups (broad SMARTS) is 1. The molecule has 0 bridgehead atoms. The van der Waals surface area contributed by atoms with Crippen molar-refractivity contribution in [1.82, 2.24) is 21.3 Å². The SMILES string of the molecule is C[C@H](NC(=O)[C@H](Cc1ccccc1)NC(=O)[C@H](C)NC(=O)[C@@H](N)Cc1ccccc1)C(=O)N[C@@H](Cc1ccccc1)C(=O)O. The Balaban J connectivity index is 1.63. The molecule has 232 valence electrons. The van der Waals surface area contributed by atoms with Crippen molar-refractivity contribution in [3.63, 3.8) is 0 Å². The van der Waals surface area contributed by atoms with Crippen LogP contribution >= 0.6 is 0 Å². The monoisotopic (exact) mass is 601 g/mol. The van der Waals surface area contributed by atoms with E-state index in [1.165, 1.54) is 13.8 Å². The molecule has 44 heavy (non-hydrogen) atoms. The van der Waals surface area contributed by atoms with Crippen LogP contribution in [0.25, 0.3) is 0 Å². The zero-order valence-electron chi connectivity index (χ0n) is 24.7. The fourth-order valence-corrected chi connectivity index (χ4v) is 4.43. The van der Waals surface area contributed by atoms with Gasteiger partial charge in [0.05, 0.1) is 6.04 Å². The van der Waals surface area contributed by atoms with Gasteiger partial charge in [-0.2, -0.15) is 0 Å². The Morgan fingerprint density at radius 3 is 1.34 bits per heavy atom. The maximum atomic E-state index is 13.3. The van der Waals surface area contributed by atoms with Crippen molar-refractivity contribution in [3.05, 3.63) is 108 Å². The van der Waals surface area contributed by atoms with E-state index in [0.717, 1.165) is 16.7 Å². The fraction of sp³-hybridized carbons (Fsp3) is 0.303. The first-order valence-corrected chi connectivity index (χ1v) is 14.3. The number of aliphatic carboxylic acids is 1. The molecular weight excluding hydrogens is 562 g/mol. The Labute approximate surface area is 256 Å². The van der Waals surface area contributed by atoms with E-state index in [-0.39, 0.29) is 19.3 Å². The van der Waals surface area contributed by atoms with Crippen LogP contribution < -0.4 is 27.0 Å². The van der Waals surface area contributed by atoms with Crippen molar-refractivity contribution in [3.8, 4) is 0 Å². The lowest BCUT2D eigenvalue weighted by molar-refractivity contribution is -0.142. The van der Waals surface area contributed by atoms with E-state index in [0.29, 0.717) is 0 Å². The van der Waals surface area contributed by atoms with Gasteiger partial charge in [0.2, 0.25) is 23.6 Å². The number of carbonyl (C=O) groups is 5. The molecule has 0 aliphatic rings. The topological polar surface area (TPSA) is 180 Å². The van der Waals surface area contributed by atoms with Gasteiger partial charge < -0.3 is 32.1 Å². The van der Waals surface area contributed by atoms with E-state index >= 15 is 0 Å². The molecule has 0 aliphatic heterocycles. The standard InChI is InChI=1S/C33H39N5O6/c1-21(35-31(41)26(34)18-23-12-6-3-7-13-23)29(39)37-27(19-24-14-8-4-9-15-24)32(42)36-22(2)30(40)38-28(33(43)44)20-25-16-10-5-11-17-25/h3-17,21-22,26-28H,18-20,34H2,1-2H3,(H,35,41)(H,36,42)(H,37,39)(H,38,40)(H,43,44)/t21-,22-,26-,27-,28-/m0/s1.